The minimum absolute atomic E-state index is 0.406. The summed E-state index contributed by atoms with van der Waals surface area (Å²) in [6.07, 6.45) is 0. The van der Waals surface area contributed by atoms with E-state index in [1.54, 1.807) is 6.92 Å². The Kier molecular flexibility index (Phi) is 2.67. The predicted molar refractivity (Wildman–Crippen MR) is 56.9 cm³/mol. The van der Waals surface area contributed by atoms with Crippen LogP contribution in [0.3, 0.4) is 0 Å². The summed E-state index contributed by atoms with van der Waals surface area (Å²) < 4.78 is 25.8. The van der Waals surface area contributed by atoms with Crippen LogP contribution in [0, 0.1) is 29.9 Å². The lowest BCUT2D eigenvalue weighted by atomic mass is 10.1. The molecule has 2 aromatic rings. The van der Waals surface area contributed by atoms with Gasteiger partial charge in [0.15, 0.2) is 11.6 Å². The number of thiazole rings is 1. The summed E-state index contributed by atoms with van der Waals surface area (Å²) in [5.41, 5.74) is 0.823. The van der Waals surface area contributed by atoms with E-state index in [0.29, 0.717) is 16.1 Å². The van der Waals surface area contributed by atoms with Gasteiger partial charge < -0.3 is 0 Å². The first-order valence-corrected chi connectivity index (χ1v) is 5.26. The standard InChI is InChI=1S/C11H6F2N2S/c1-6-15-11(10(5-14)16-6)7-2-3-8(12)9(13)4-7/h2-4H,1H3. The molecule has 0 fully saturated rings. The monoisotopic (exact) mass is 236 g/mol. The van der Waals surface area contributed by atoms with Crippen molar-refractivity contribution in [3.63, 3.8) is 0 Å². The van der Waals surface area contributed by atoms with E-state index in [1.165, 1.54) is 17.4 Å². The predicted octanol–water partition coefficient (Wildman–Crippen LogP) is 3.27. The summed E-state index contributed by atoms with van der Waals surface area (Å²) in [6.45, 7) is 1.76. The average Bonchev–Trinajstić information content (AvgIpc) is 2.63. The van der Waals surface area contributed by atoms with Crippen molar-refractivity contribution in [3.05, 3.63) is 39.7 Å². The van der Waals surface area contributed by atoms with Crippen molar-refractivity contribution < 1.29 is 8.78 Å². The lowest BCUT2D eigenvalue weighted by Crippen LogP contribution is -1.87. The SMILES string of the molecule is Cc1nc(-c2ccc(F)c(F)c2)c(C#N)s1. The molecule has 0 spiro atoms. The van der Waals surface area contributed by atoms with Gasteiger partial charge in [0, 0.05) is 5.56 Å². The van der Waals surface area contributed by atoms with Gasteiger partial charge in [0.05, 0.1) is 10.7 Å². The van der Waals surface area contributed by atoms with Crippen molar-refractivity contribution in [3.8, 4) is 17.3 Å². The Bertz CT molecular complexity index is 584. The first-order chi connectivity index (χ1) is 7.61. The first kappa shape index (κ1) is 10.7. The molecule has 0 aliphatic carbocycles. The molecule has 80 valence electrons. The highest BCUT2D eigenvalue weighted by atomic mass is 32.1. The van der Waals surface area contributed by atoms with E-state index in [-0.39, 0.29) is 0 Å². The van der Waals surface area contributed by atoms with Gasteiger partial charge >= 0.3 is 0 Å². The highest BCUT2D eigenvalue weighted by Crippen LogP contribution is 2.28. The molecule has 0 aliphatic heterocycles. The summed E-state index contributed by atoms with van der Waals surface area (Å²) in [4.78, 5) is 4.54. The van der Waals surface area contributed by atoms with Crippen LogP contribution in [0.15, 0.2) is 18.2 Å². The minimum Gasteiger partial charge on any atom is -0.240 e. The van der Waals surface area contributed by atoms with Crippen molar-refractivity contribution in [2.24, 2.45) is 0 Å². The lowest BCUT2D eigenvalue weighted by molar-refractivity contribution is 0.509. The molecule has 1 heterocycles. The van der Waals surface area contributed by atoms with E-state index in [4.69, 9.17) is 5.26 Å². The van der Waals surface area contributed by atoms with Crippen LogP contribution in [-0.4, -0.2) is 4.98 Å². The zero-order chi connectivity index (χ0) is 11.7. The summed E-state index contributed by atoms with van der Waals surface area (Å²) in [7, 11) is 0. The van der Waals surface area contributed by atoms with E-state index in [1.807, 2.05) is 6.07 Å². The number of halogens is 2. The number of hydrogen-bond donors (Lipinski definition) is 0. The molecule has 0 N–H and O–H groups in total. The maximum Gasteiger partial charge on any atom is 0.159 e. The van der Waals surface area contributed by atoms with Crippen LogP contribution in [0.5, 0.6) is 0 Å². The second kappa shape index (κ2) is 3.99. The van der Waals surface area contributed by atoms with E-state index < -0.39 is 11.6 Å². The maximum absolute atomic E-state index is 13.0. The van der Waals surface area contributed by atoms with E-state index in [2.05, 4.69) is 4.98 Å². The molecule has 0 atom stereocenters. The molecule has 16 heavy (non-hydrogen) atoms. The van der Waals surface area contributed by atoms with Gasteiger partial charge in [-0.1, -0.05) is 0 Å². The molecular formula is C11H6F2N2S. The fourth-order valence-corrected chi connectivity index (χ4v) is 2.08. The Morgan fingerprint density at radius 1 is 1.31 bits per heavy atom. The zero-order valence-corrected chi connectivity index (χ0v) is 9.11. The normalized spacial score (nSPS) is 10.1. The van der Waals surface area contributed by atoms with Gasteiger partial charge in [0.1, 0.15) is 10.9 Å². The molecule has 1 aromatic heterocycles. The molecule has 2 nitrogen and oxygen atoms in total. The lowest BCUT2D eigenvalue weighted by Gasteiger charge is -1.98. The Morgan fingerprint density at radius 3 is 2.69 bits per heavy atom. The van der Waals surface area contributed by atoms with Crippen molar-refractivity contribution in [2.75, 3.05) is 0 Å². The molecule has 0 unspecified atom stereocenters. The molecule has 0 aliphatic rings. The first-order valence-electron chi connectivity index (χ1n) is 4.45. The van der Waals surface area contributed by atoms with Crippen molar-refractivity contribution in [1.29, 1.82) is 5.26 Å². The highest BCUT2D eigenvalue weighted by molar-refractivity contribution is 7.12. The Hall–Kier alpha value is -1.80. The summed E-state index contributed by atoms with van der Waals surface area (Å²) in [5, 5.41) is 9.59. The molecular weight excluding hydrogens is 230 g/mol. The average molecular weight is 236 g/mol. The van der Waals surface area contributed by atoms with Gasteiger partial charge in [0.25, 0.3) is 0 Å². The van der Waals surface area contributed by atoms with E-state index in [9.17, 15) is 8.78 Å². The summed E-state index contributed by atoms with van der Waals surface area (Å²) in [6, 6.07) is 5.47. The number of aromatic nitrogens is 1. The zero-order valence-electron chi connectivity index (χ0n) is 8.29. The van der Waals surface area contributed by atoms with Crippen molar-refractivity contribution >= 4 is 11.3 Å². The molecule has 5 heteroatoms. The molecule has 2 rings (SSSR count). The van der Waals surface area contributed by atoms with Crippen LogP contribution >= 0.6 is 11.3 Å². The highest BCUT2D eigenvalue weighted by Gasteiger charge is 2.12. The summed E-state index contributed by atoms with van der Waals surface area (Å²) in [5.74, 6) is -1.85. The third-order valence-electron chi connectivity index (χ3n) is 2.03. The quantitative estimate of drug-likeness (QED) is 0.762. The third-order valence-corrected chi connectivity index (χ3v) is 2.90. The number of benzene rings is 1. The van der Waals surface area contributed by atoms with Gasteiger partial charge in [-0.25, -0.2) is 13.8 Å². The number of nitriles is 1. The number of aryl methyl sites for hydroxylation is 1. The molecule has 1 aromatic carbocycles. The van der Waals surface area contributed by atoms with Crippen molar-refractivity contribution in [1.82, 2.24) is 4.98 Å². The van der Waals surface area contributed by atoms with Crippen molar-refractivity contribution in [2.45, 2.75) is 6.92 Å². The van der Waals surface area contributed by atoms with Gasteiger partial charge in [-0.3, -0.25) is 0 Å². The van der Waals surface area contributed by atoms with E-state index in [0.717, 1.165) is 17.1 Å². The third kappa shape index (κ3) is 1.79. The van der Waals surface area contributed by atoms with Crippen LogP contribution in [0.1, 0.15) is 9.88 Å². The molecule has 0 saturated heterocycles. The molecule has 0 amide bonds. The van der Waals surface area contributed by atoms with Crippen LogP contribution in [-0.2, 0) is 0 Å². The topological polar surface area (TPSA) is 36.7 Å². The van der Waals surface area contributed by atoms with Gasteiger partial charge in [0.2, 0.25) is 0 Å². The molecule has 0 saturated carbocycles. The van der Waals surface area contributed by atoms with Gasteiger partial charge in [-0.2, -0.15) is 5.26 Å². The number of rotatable bonds is 1. The second-order valence-electron chi connectivity index (χ2n) is 3.15. The number of hydrogen-bond acceptors (Lipinski definition) is 3. The minimum atomic E-state index is -0.938. The number of nitrogens with zero attached hydrogens (tertiary/aromatic N) is 2. The summed E-state index contributed by atoms with van der Waals surface area (Å²) >= 11 is 1.23. The van der Waals surface area contributed by atoms with Gasteiger partial charge in [-0.05, 0) is 25.1 Å². The van der Waals surface area contributed by atoms with Crippen LogP contribution in [0.2, 0.25) is 0 Å². The Balaban J connectivity index is 2.59. The fourth-order valence-electron chi connectivity index (χ4n) is 1.34. The second-order valence-corrected chi connectivity index (χ2v) is 4.35. The fraction of sp³-hybridized carbons (Fsp3) is 0.0909. The van der Waals surface area contributed by atoms with Crippen LogP contribution in [0.4, 0.5) is 8.78 Å². The van der Waals surface area contributed by atoms with E-state index >= 15 is 0 Å². The molecule has 0 bridgehead atoms. The maximum atomic E-state index is 13.0. The Morgan fingerprint density at radius 2 is 2.06 bits per heavy atom. The van der Waals surface area contributed by atoms with Crippen LogP contribution < -0.4 is 0 Å². The largest absolute Gasteiger partial charge is 0.240 e. The Labute approximate surface area is 94.8 Å². The molecule has 0 radical (unpaired) electrons. The van der Waals surface area contributed by atoms with Crippen LogP contribution in [0.25, 0.3) is 11.3 Å². The van der Waals surface area contributed by atoms with Gasteiger partial charge in [-0.15, -0.1) is 11.3 Å². The smallest absolute Gasteiger partial charge is 0.159 e.